The SMILES string of the molecule is Cc1cc(C(F)(F)F)ccc1C1(O)CCNCC1C. The molecule has 0 spiro atoms. The lowest BCUT2D eigenvalue weighted by Crippen LogP contribution is -2.47. The second kappa shape index (κ2) is 4.80. The third kappa shape index (κ3) is 2.62. The van der Waals surface area contributed by atoms with Crippen LogP contribution in [0, 0.1) is 12.8 Å². The molecule has 106 valence electrons. The predicted octanol–water partition coefficient (Wildman–Crippen LogP) is 2.83. The minimum Gasteiger partial charge on any atom is -0.385 e. The molecule has 0 radical (unpaired) electrons. The van der Waals surface area contributed by atoms with E-state index in [0.29, 0.717) is 30.6 Å². The predicted molar refractivity (Wildman–Crippen MR) is 66.7 cm³/mol. The van der Waals surface area contributed by atoms with Gasteiger partial charge in [0.1, 0.15) is 0 Å². The summed E-state index contributed by atoms with van der Waals surface area (Å²) < 4.78 is 37.9. The van der Waals surface area contributed by atoms with E-state index in [1.165, 1.54) is 6.07 Å². The standard InChI is InChI=1S/C14H18F3NO/c1-9-7-11(14(15,16)17)3-4-12(9)13(19)5-6-18-8-10(13)2/h3-4,7,10,18-19H,5-6,8H2,1-2H3. The highest BCUT2D eigenvalue weighted by Gasteiger charge is 2.39. The molecule has 1 aromatic rings. The number of halogens is 3. The van der Waals surface area contributed by atoms with Gasteiger partial charge in [-0.15, -0.1) is 0 Å². The Bertz CT molecular complexity index is 472. The van der Waals surface area contributed by atoms with E-state index in [0.717, 1.165) is 12.1 Å². The summed E-state index contributed by atoms with van der Waals surface area (Å²) in [5.41, 5.74) is -0.612. The monoisotopic (exact) mass is 273 g/mol. The van der Waals surface area contributed by atoms with Crippen LogP contribution in [-0.4, -0.2) is 18.2 Å². The van der Waals surface area contributed by atoms with E-state index >= 15 is 0 Å². The molecule has 19 heavy (non-hydrogen) atoms. The Hall–Kier alpha value is -1.07. The summed E-state index contributed by atoms with van der Waals surface area (Å²) in [7, 11) is 0. The fourth-order valence-electron chi connectivity index (χ4n) is 2.74. The molecular formula is C14H18F3NO. The van der Waals surface area contributed by atoms with Crippen molar-refractivity contribution in [2.24, 2.45) is 5.92 Å². The lowest BCUT2D eigenvalue weighted by atomic mass is 9.76. The van der Waals surface area contributed by atoms with Crippen molar-refractivity contribution in [3.63, 3.8) is 0 Å². The van der Waals surface area contributed by atoms with Crippen molar-refractivity contribution >= 4 is 0 Å². The van der Waals surface area contributed by atoms with E-state index in [4.69, 9.17) is 0 Å². The summed E-state index contributed by atoms with van der Waals surface area (Å²) in [6, 6.07) is 3.58. The van der Waals surface area contributed by atoms with Gasteiger partial charge in [-0.05, 0) is 43.1 Å². The maximum atomic E-state index is 12.6. The van der Waals surface area contributed by atoms with Gasteiger partial charge in [0, 0.05) is 12.5 Å². The highest BCUT2D eigenvalue weighted by molar-refractivity contribution is 5.37. The average molecular weight is 273 g/mol. The molecule has 0 bridgehead atoms. The summed E-state index contributed by atoms with van der Waals surface area (Å²) in [5.74, 6) is -0.0308. The molecule has 2 rings (SSSR count). The van der Waals surface area contributed by atoms with Crippen LogP contribution in [0.2, 0.25) is 0 Å². The number of alkyl halides is 3. The van der Waals surface area contributed by atoms with Gasteiger partial charge < -0.3 is 10.4 Å². The van der Waals surface area contributed by atoms with Crippen LogP contribution >= 0.6 is 0 Å². The number of benzene rings is 1. The first-order valence-electron chi connectivity index (χ1n) is 6.36. The van der Waals surface area contributed by atoms with Crippen LogP contribution in [0.1, 0.15) is 30.0 Å². The molecule has 1 fully saturated rings. The molecule has 1 aromatic carbocycles. The first-order chi connectivity index (χ1) is 8.75. The normalized spacial score (nSPS) is 28.4. The summed E-state index contributed by atoms with van der Waals surface area (Å²) in [4.78, 5) is 0. The fourth-order valence-corrected chi connectivity index (χ4v) is 2.74. The third-order valence-electron chi connectivity index (χ3n) is 3.97. The zero-order valence-electron chi connectivity index (χ0n) is 11.0. The molecule has 2 N–H and O–H groups in total. The maximum absolute atomic E-state index is 12.6. The fraction of sp³-hybridized carbons (Fsp3) is 0.571. The van der Waals surface area contributed by atoms with Crippen LogP contribution in [0.3, 0.4) is 0 Å². The number of hydrogen-bond acceptors (Lipinski definition) is 2. The second-order valence-electron chi connectivity index (χ2n) is 5.31. The van der Waals surface area contributed by atoms with Crippen LogP contribution < -0.4 is 5.32 Å². The number of piperidine rings is 1. The van der Waals surface area contributed by atoms with E-state index in [-0.39, 0.29) is 5.92 Å². The summed E-state index contributed by atoms with van der Waals surface area (Å²) in [5, 5.41) is 13.9. The molecule has 0 aromatic heterocycles. The zero-order chi connectivity index (χ0) is 14.3. The largest absolute Gasteiger partial charge is 0.416 e. The van der Waals surface area contributed by atoms with Crippen molar-refractivity contribution in [3.05, 3.63) is 34.9 Å². The topological polar surface area (TPSA) is 32.3 Å². The van der Waals surface area contributed by atoms with Crippen LogP contribution in [0.15, 0.2) is 18.2 Å². The molecule has 2 nitrogen and oxygen atoms in total. The Kier molecular flexibility index (Phi) is 3.62. The Balaban J connectivity index is 2.41. The van der Waals surface area contributed by atoms with Gasteiger partial charge in [0.25, 0.3) is 0 Å². The molecule has 1 heterocycles. The first kappa shape index (κ1) is 14.3. The van der Waals surface area contributed by atoms with Crippen molar-refractivity contribution in [2.45, 2.75) is 32.0 Å². The highest BCUT2D eigenvalue weighted by Crippen LogP contribution is 2.38. The minimum atomic E-state index is -4.34. The van der Waals surface area contributed by atoms with Crippen LogP contribution in [-0.2, 0) is 11.8 Å². The van der Waals surface area contributed by atoms with Gasteiger partial charge in [-0.3, -0.25) is 0 Å². The number of hydrogen-bond donors (Lipinski definition) is 2. The van der Waals surface area contributed by atoms with Crippen molar-refractivity contribution in [1.82, 2.24) is 5.32 Å². The van der Waals surface area contributed by atoms with Crippen LogP contribution in [0.25, 0.3) is 0 Å². The number of rotatable bonds is 1. The molecule has 0 saturated carbocycles. The van der Waals surface area contributed by atoms with Crippen molar-refractivity contribution in [3.8, 4) is 0 Å². The molecule has 1 aliphatic heterocycles. The highest BCUT2D eigenvalue weighted by atomic mass is 19.4. The lowest BCUT2D eigenvalue weighted by molar-refractivity contribution is -0.137. The summed E-state index contributed by atoms with van der Waals surface area (Å²) in [6.07, 6.45) is -3.83. The van der Waals surface area contributed by atoms with E-state index < -0.39 is 17.3 Å². The molecule has 2 unspecified atom stereocenters. The molecule has 1 aliphatic rings. The summed E-state index contributed by atoms with van der Waals surface area (Å²) >= 11 is 0. The molecule has 2 atom stereocenters. The third-order valence-corrected chi connectivity index (χ3v) is 3.97. The number of aliphatic hydroxyl groups is 1. The summed E-state index contributed by atoms with van der Waals surface area (Å²) in [6.45, 7) is 4.86. The zero-order valence-corrected chi connectivity index (χ0v) is 11.0. The van der Waals surface area contributed by atoms with E-state index in [9.17, 15) is 18.3 Å². The van der Waals surface area contributed by atoms with Gasteiger partial charge in [0.15, 0.2) is 0 Å². The smallest absolute Gasteiger partial charge is 0.385 e. The molecular weight excluding hydrogens is 255 g/mol. The van der Waals surface area contributed by atoms with Gasteiger partial charge in [-0.1, -0.05) is 13.0 Å². The van der Waals surface area contributed by atoms with Gasteiger partial charge in [0.05, 0.1) is 11.2 Å². The van der Waals surface area contributed by atoms with Crippen LogP contribution in [0.5, 0.6) is 0 Å². The van der Waals surface area contributed by atoms with Crippen molar-refractivity contribution in [2.75, 3.05) is 13.1 Å². The molecule has 1 saturated heterocycles. The number of nitrogens with one attached hydrogen (secondary N) is 1. The lowest BCUT2D eigenvalue weighted by Gasteiger charge is -2.40. The van der Waals surface area contributed by atoms with Crippen LogP contribution in [0.4, 0.5) is 13.2 Å². The Morgan fingerprint density at radius 3 is 2.58 bits per heavy atom. The first-order valence-corrected chi connectivity index (χ1v) is 6.36. The Labute approximate surface area is 110 Å². The van der Waals surface area contributed by atoms with Crippen molar-refractivity contribution < 1.29 is 18.3 Å². The maximum Gasteiger partial charge on any atom is 0.416 e. The molecule has 0 aliphatic carbocycles. The van der Waals surface area contributed by atoms with E-state index in [1.54, 1.807) is 6.92 Å². The van der Waals surface area contributed by atoms with E-state index in [1.807, 2.05) is 6.92 Å². The van der Waals surface area contributed by atoms with Gasteiger partial charge in [-0.25, -0.2) is 0 Å². The van der Waals surface area contributed by atoms with Gasteiger partial charge >= 0.3 is 6.18 Å². The Morgan fingerprint density at radius 1 is 1.37 bits per heavy atom. The average Bonchev–Trinajstić information content (AvgIpc) is 2.31. The van der Waals surface area contributed by atoms with Gasteiger partial charge in [0.2, 0.25) is 0 Å². The molecule has 5 heteroatoms. The Morgan fingerprint density at radius 2 is 2.05 bits per heavy atom. The number of aryl methyl sites for hydroxylation is 1. The van der Waals surface area contributed by atoms with E-state index in [2.05, 4.69) is 5.32 Å². The van der Waals surface area contributed by atoms with Gasteiger partial charge in [-0.2, -0.15) is 13.2 Å². The quantitative estimate of drug-likeness (QED) is 0.824. The minimum absolute atomic E-state index is 0.0308. The van der Waals surface area contributed by atoms with Crippen molar-refractivity contribution in [1.29, 1.82) is 0 Å². The molecule has 0 amide bonds. The second-order valence-corrected chi connectivity index (χ2v) is 5.31.